The van der Waals surface area contributed by atoms with Gasteiger partial charge in [-0.05, 0) is 28.4 Å². The maximum atomic E-state index is 5.01. The summed E-state index contributed by atoms with van der Waals surface area (Å²) in [6, 6.07) is 0. The number of nitrogens with zero attached hydrogens (tertiary/aromatic N) is 4. The summed E-state index contributed by atoms with van der Waals surface area (Å²) in [4.78, 5) is 0. The van der Waals surface area contributed by atoms with Crippen molar-refractivity contribution in [3.63, 3.8) is 0 Å². The van der Waals surface area contributed by atoms with E-state index in [0.717, 1.165) is 13.0 Å². The summed E-state index contributed by atoms with van der Waals surface area (Å²) in [6.07, 6.45) is 5.45. The molecule has 4 heteroatoms. The summed E-state index contributed by atoms with van der Waals surface area (Å²) < 4.78 is 4.11. The second-order valence-electron chi connectivity index (χ2n) is 12.1. The molecule has 0 spiro atoms. The molecule has 0 aromatic carbocycles. The van der Waals surface area contributed by atoms with Crippen molar-refractivity contribution < 1.29 is 0 Å². The molecule has 0 radical (unpaired) electrons. The topological polar surface area (TPSA) is 35.6 Å². The zero-order valence-electron chi connectivity index (χ0n) is 20.4. The predicted molar refractivity (Wildman–Crippen MR) is 119 cm³/mol. The van der Waals surface area contributed by atoms with E-state index in [1.54, 1.807) is 0 Å². The fourth-order valence-electron chi connectivity index (χ4n) is 3.69. The second-order valence-corrected chi connectivity index (χ2v) is 12.1. The molecule has 0 N–H and O–H groups in total. The molecule has 28 heavy (non-hydrogen) atoms. The number of aromatic nitrogens is 4. The molecule has 2 rings (SSSR count). The highest BCUT2D eigenvalue weighted by Gasteiger charge is 2.33. The Balaban J connectivity index is 2.33. The molecule has 0 amide bonds. The van der Waals surface area contributed by atoms with Gasteiger partial charge in [0, 0.05) is 36.8 Å². The minimum atomic E-state index is -0.0143. The highest BCUT2D eigenvalue weighted by atomic mass is 15.3. The minimum absolute atomic E-state index is 0.0143. The fourth-order valence-corrected chi connectivity index (χ4v) is 3.69. The van der Waals surface area contributed by atoms with E-state index in [9.17, 15) is 0 Å². The van der Waals surface area contributed by atoms with Crippen LogP contribution in [0.15, 0.2) is 12.4 Å². The third kappa shape index (κ3) is 4.87. The second kappa shape index (κ2) is 7.03. The first-order valence-corrected chi connectivity index (χ1v) is 10.6. The smallest absolute Gasteiger partial charge is 0.0718 e. The van der Waals surface area contributed by atoms with E-state index < -0.39 is 0 Å². The molecule has 2 aromatic rings. The van der Waals surface area contributed by atoms with Gasteiger partial charge in [-0.1, -0.05) is 76.2 Å². The molecule has 2 aromatic heterocycles. The van der Waals surface area contributed by atoms with Crippen LogP contribution >= 0.6 is 0 Å². The van der Waals surface area contributed by atoms with Gasteiger partial charge in [0.25, 0.3) is 0 Å². The van der Waals surface area contributed by atoms with Crippen molar-refractivity contribution in [2.75, 3.05) is 0 Å². The van der Waals surface area contributed by atoms with Gasteiger partial charge in [0.05, 0.1) is 11.4 Å². The van der Waals surface area contributed by atoms with Gasteiger partial charge in [-0.3, -0.25) is 9.36 Å². The van der Waals surface area contributed by atoms with E-state index in [4.69, 9.17) is 10.2 Å². The predicted octanol–water partition coefficient (Wildman–Crippen LogP) is 5.88. The fraction of sp³-hybridized carbons (Fsp3) is 0.750. The SMILES string of the molecule is Cn1cc(C(C)(C)C)c(C(C)(C)CCn2cc(C(C)(C)C)c(C(C)(C)C)n2)n1. The van der Waals surface area contributed by atoms with Crippen LogP contribution in [0.4, 0.5) is 0 Å². The highest BCUT2D eigenvalue weighted by Crippen LogP contribution is 2.36. The van der Waals surface area contributed by atoms with Crippen LogP contribution in [0.5, 0.6) is 0 Å². The lowest BCUT2D eigenvalue weighted by atomic mass is 9.77. The third-order valence-corrected chi connectivity index (χ3v) is 5.52. The van der Waals surface area contributed by atoms with Crippen molar-refractivity contribution in [3.05, 3.63) is 34.9 Å². The molecule has 0 unspecified atom stereocenters. The Bertz CT molecular complexity index is 783. The molecule has 0 aliphatic rings. The van der Waals surface area contributed by atoms with Crippen LogP contribution in [-0.2, 0) is 35.3 Å². The summed E-state index contributed by atoms with van der Waals surface area (Å²) >= 11 is 0. The lowest BCUT2D eigenvalue weighted by Gasteiger charge is -2.28. The van der Waals surface area contributed by atoms with Gasteiger partial charge in [0.1, 0.15) is 0 Å². The summed E-state index contributed by atoms with van der Waals surface area (Å²) in [7, 11) is 2.02. The Morgan fingerprint density at radius 1 is 0.679 bits per heavy atom. The monoisotopic (exact) mass is 386 g/mol. The number of aryl methyl sites for hydroxylation is 2. The Labute approximate surface area is 172 Å². The van der Waals surface area contributed by atoms with Crippen molar-refractivity contribution in [2.45, 2.75) is 111 Å². The molecular weight excluding hydrogens is 344 g/mol. The zero-order chi connectivity index (χ0) is 21.7. The molecule has 0 fully saturated rings. The van der Waals surface area contributed by atoms with Gasteiger partial charge >= 0.3 is 0 Å². The lowest BCUT2D eigenvalue weighted by molar-refractivity contribution is 0.396. The van der Waals surface area contributed by atoms with E-state index in [1.165, 1.54) is 22.5 Å². The van der Waals surface area contributed by atoms with Crippen molar-refractivity contribution in [1.29, 1.82) is 0 Å². The maximum Gasteiger partial charge on any atom is 0.0718 e. The van der Waals surface area contributed by atoms with E-state index in [-0.39, 0.29) is 21.7 Å². The Hall–Kier alpha value is -1.58. The van der Waals surface area contributed by atoms with Crippen LogP contribution in [0.3, 0.4) is 0 Å². The first-order chi connectivity index (χ1) is 12.4. The first-order valence-electron chi connectivity index (χ1n) is 10.6. The normalized spacial score (nSPS) is 14.0. The molecule has 0 aliphatic carbocycles. The number of rotatable bonds is 4. The van der Waals surface area contributed by atoms with Gasteiger partial charge in [0.15, 0.2) is 0 Å². The van der Waals surface area contributed by atoms with Crippen molar-refractivity contribution >= 4 is 0 Å². The van der Waals surface area contributed by atoms with E-state index in [1.807, 2.05) is 11.7 Å². The molecule has 0 saturated heterocycles. The zero-order valence-corrected chi connectivity index (χ0v) is 20.4. The summed E-state index contributed by atoms with van der Waals surface area (Å²) in [5, 5.41) is 9.86. The van der Waals surface area contributed by atoms with Gasteiger partial charge in [-0.25, -0.2) is 0 Å². The quantitative estimate of drug-likeness (QED) is 0.658. The molecule has 0 bridgehead atoms. The Kier molecular flexibility index (Phi) is 5.70. The van der Waals surface area contributed by atoms with Gasteiger partial charge < -0.3 is 0 Å². The summed E-state index contributed by atoms with van der Waals surface area (Å²) in [6.45, 7) is 25.9. The Morgan fingerprint density at radius 2 is 1.18 bits per heavy atom. The van der Waals surface area contributed by atoms with E-state index in [2.05, 4.69) is 93.2 Å². The molecule has 0 saturated carbocycles. The van der Waals surface area contributed by atoms with Crippen molar-refractivity contribution in [2.24, 2.45) is 7.05 Å². The van der Waals surface area contributed by atoms with Crippen LogP contribution in [0.25, 0.3) is 0 Å². The van der Waals surface area contributed by atoms with Crippen LogP contribution < -0.4 is 0 Å². The number of hydrogen-bond donors (Lipinski definition) is 0. The largest absolute Gasteiger partial charge is 0.275 e. The molecule has 2 heterocycles. The highest BCUT2D eigenvalue weighted by molar-refractivity contribution is 5.32. The van der Waals surface area contributed by atoms with Gasteiger partial charge in [-0.15, -0.1) is 0 Å². The molecule has 0 atom stereocenters. The molecule has 158 valence electrons. The average Bonchev–Trinajstić information content (AvgIpc) is 3.07. The van der Waals surface area contributed by atoms with Crippen LogP contribution in [0, 0.1) is 0 Å². The van der Waals surface area contributed by atoms with Crippen molar-refractivity contribution in [3.8, 4) is 0 Å². The maximum absolute atomic E-state index is 5.01. The average molecular weight is 387 g/mol. The third-order valence-electron chi connectivity index (χ3n) is 5.52. The van der Waals surface area contributed by atoms with Crippen molar-refractivity contribution in [1.82, 2.24) is 19.6 Å². The first kappa shape index (κ1) is 22.7. The lowest BCUT2D eigenvalue weighted by Crippen LogP contribution is -2.26. The van der Waals surface area contributed by atoms with Crippen LogP contribution in [-0.4, -0.2) is 19.6 Å². The number of hydrogen-bond acceptors (Lipinski definition) is 2. The minimum Gasteiger partial charge on any atom is -0.275 e. The van der Waals surface area contributed by atoms with Crippen LogP contribution in [0.2, 0.25) is 0 Å². The van der Waals surface area contributed by atoms with Gasteiger partial charge in [-0.2, -0.15) is 10.2 Å². The summed E-state index contributed by atoms with van der Waals surface area (Å²) in [5.41, 5.74) is 5.33. The Morgan fingerprint density at radius 3 is 1.61 bits per heavy atom. The molecule has 4 nitrogen and oxygen atoms in total. The molecular formula is C24H42N4. The van der Waals surface area contributed by atoms with Crippen LogP contribution in [0.1, 0.15) is 105 Å². The van der Waals surface area contributed by atoms with E-state index >= 15 is 0 Å². The standard InChI is InChI=1S/C24H42N4/c1-21(2,3)17-15-27(12)25-20(17)24(10,11)13-14-28-16-18(22(4,5)6)19(26-28)23(7,8)9/h15-16H,13-14H2,1-12H3. The van der Waals surface area contributed by atoms with E-state index in [0.29, 0.717) is 0 Å². The van der Waals surface area contributed by atoms with Gasteiger partial charge in [0.2, 0.25) is 0 Å². The summed E-state index contributed by atoms with van der Waals surface area (Å²) in [5.74, 6) is 0. The molecule has 0 aliphatic heterocycles.